The van der Waals surface area contributed by atoms with Crippen molar-refractivity contribution in [1.29, 1.82) is 0 Å². The predicted molar refractivity (Wildman–Crippen MR) is 148 cm³/mol. The Bertz CT molecular complexity index is 1460. The van der Waals surface area contributed by atoms with E-state index in [-0.39, 0.29) is 24.5 Å². The summed E-state index contributed by atoms with van der Waals surface area (Å²) in [6, 6.07) is 23.1. The number of para-hydroxylation sites is 1. The van der Waals surface area contributed by atoms with Crippen molar-refractivity contribution in [3.63, 3.8) is 0 Å². The van der Waals surface area contributed by atoms with E-state index in [1.54, 1.807) is 12.0 Å². The van der Waals surface area contributed by atoms with Crippen LogP contribution < -0.4 is 10.1 Å². The van der Waals surface area contributed by atoms with Gasteiger partial charge in [0.1, 0.15) is 12.3 Å². The standard InChI is InChI=1S/C31H33N3O4/c1-20(2)38-17-9-16-32-27(35)19-34-30(23-12-4-5-13-24(23)31(34)36)28-25-14-6-7-15-26(25)33-29(28)21-10-8-11-22(18-21)37-3/h4-8,10-15,18,20,30,33H,9,16-17,19H2,1-3H3,(H,32,35)/t30-/m0/s1. The van der Waals surface area contributed by atoms with Gasteiger partial charge in [0.2, 0.25) is 5.91 Å². The molecule has 1 aliphatic rings. The maximum Gasteiger partial charge on any atom is 0.255 e. The molecule has 0 saturated carbocycles. The van der Waals surface area contributed by atoms with Crippen molar-refractivity contribution in [2.24, 2.45) is 0 Å². The molecule has 7 nitrogen and oxygen atoms in total. The summed E-state index contributed by atoms with van der Waals surface area (Å²) in [4.78, 5) is 32.0. The second-order valence-corrected chi connectivity index (χ2v) is 9.74. The fourth-order valence-electron chi connectivity index (χ4n) is 5.13. The molecule has 0 spiro atoms. The van der Waals surface area contributed by atoms with E-state index < -0.39 is 6.04 Å². The van der Waals surface area contributed by atoms with E-state index in [0.717, 1.165) is 39.0 Å². The van der Waals surface area contributed by atoms with Crippen LogP contribution in [-0.2, 0) is 9.53 Å². The zero-order chi connectivity index (χ0) is 26.6. The fraction of sp³-hybridized carbons (Fsp3) is 0.290. The van der Waals surface area contributed by atoms with Gasteiger partial charge in [-0.1, -0.05) is 48.5 Å². The van der Waals surface area contributed by atoms with Crippen LogP contribution in [-0.4, -0.2) is 54.6 Å². The zero-order valence-electron chi connectivity index (χ0n) is 22.0. The van der Waals surface area contributed by atoms with Crippen LogP contribution >= 0.6 is 0 Å². The highest BCUT2D eigenvalue weighted by Crippen LogP contribution is 2.45. The van der Waals surface area contributed by atoms with Crippen molar-refractivity contribution >= 4 is 22.7 Å². The van der Waals surface area contributed by atoms with Gasteiger partial charge in [-0.2, -0.15) is 0 Å². The Labute approximate surface area is 222 Å². The lowest BCUT2D eigenvalue weighted by Crippen LogP contribution is -2.40. The summed E-state index contributed by atoms with van der Waals surface area (Å²) in [5, 5.41) is 3.97. The van der Waals surface area contributed by atoms with E-state index in [1.807, 2.05) is 80.6 Å². The Balaban J connectivity index is 1.53. The Morgan fingerprint density at radius 3 is 2.66 bits per heavy atom. The fourth-order valence-corrected chi connectivity index (χ4v) is 5.13. The molecule has 7 heteroatoms. The summed E-state index contributed by atoms with van der Waals surface area (Å²) in [7, 11) is 1.65. The Kier molecular flexibility index (Phi) is 7.47. The summed E-state index contributed by atoms with van der Waals surface area (Å²) in [5.41, 5.74) is 5.29. The number of methoxy groups -OCH3 is 1. The summed E-state index contributed by atoms with van der Waals surface area (Å²) in [6.07, 6.45) is 0.867. The van der Waals surface area contributed by atoms with Gasteiger partial charge < -0.3 is 24.7 Å². The maximum atomic E-state index is 13.7. The minimum atomic E-state index is -0.425. The van der Waals surface area contributed by atoms with Crippen molar-refractivity contribution in [2.75, 3.05) is 26.8 Å². The Morgan fingerprint density at radius 2 is 1.84 bits per heavy atom. The Hall–Kier alpha value is -4.10. The van der Waals surface area contributed by atoms with Gasteiger partial charge >= 0.3 is 0 Å². The van der Waals surface area contributed by atoms with E-state index in [0.29, 0.717) is 25.1 Å². The van der Waals surface area contributed by atoms with Crippen LogP contribution in [0.1, 0.15) is 47.8 Å². The SMILES string of the molecule is COc1cccc(-c2[nH]c3ccccc3c2[C@@H]2c3ccccc3C(=O)N2CC(=O)NCCCOC(C)C)c1. The second-order valence-electron chi connectivity index (χ2n) is 9.74. The number of ether oxygens (including phenoxy) is 2. The number of nitrogens with one attached hydrogen (secondary N) is 2. The third-order valence-corrected chi connectivity index (χ3v) is 6.84. The van der Waals surface area contributed by atoms with Crippen molar-refractivity contribution in [1.82, 2.24) is 15.2 Å². The molecular formula is C31H33N3O4. The lowest BCUT2D eigenvalue weighted by atomic mass is 9.93. The molecule has 2 N–H and O–H groups in total. The number of hydrogen-bond acceptors (Lipinski definition) is 4. The minimum absolute atomic E-state index is 0.0414. The van der Waals surface area contributed by atoms with Crippen LogP contribution in [0, 0.1) is 0 Å². The maximum absolute atomic E-state index is 13.7. The summed E-state index contributed by atoms with van der Waals surface area (Å²) in [6.45, 7) is 5.00. The quantitative estimate of drug-likeness (QED) is 0.282. The number of aromatic amines is 1. The van der Waals surface area contributed by atoms with E-state index in [2.05, 4.69) is 16.4 Å². The highest BCUT2D eigenvalue weighted by Gasteiger charge is 2.41. The van der Waals surface area contributed by atoms with Crippen LogP contribution in [0.4, 0.5) is 0 Å². The van der Waals surface area contributed by atoms with Gasteiger partial charge in [-0.05, 0) is 50.1 Å². The average molecular weight is 512 g/mol. The molecule has 0 radical (unpaired) electrons. The molecule has 3 aromatic carbocycles. The van der Waals surface area contributed by atoms with Gasteiger partial charge in [0.25, 0.3) is 5.91 Å². The van der Waals surface area contributed by atoms with Crippen LogP contribution in [0.15, 0.2) is 72.8 Å². The first-order valence-corrected chi connectivity index (χ1v) is 13.0. The molecule has 38 heavy (non-hydrogen) atoms. The van der Waals surface area contributed by atoms with Gasteiger partial charge in [-0.15, -0.1) is 0 Å². The smallest absolute Gasteiger partial charge is 0.255 e. The van der Waals surface area contributed by atoms with Gasteiger partial charge in [-0.3, -0.25) is 9.59 Å². The van der Waals surface area contributed by atoms with E-state index in [9.17, 15) is 9.59 Å². The molecule has 2 amide bonds. The molecule has 1 aliphatic heterocycles. The molecule has 1 aromatic heterocycles. The zero-order valence-corrected chi connectivity index (χ0v) is 22.0. The summed E-state index contributed by atoms with van der Waals surface area (Å²) < 4.78 is 11.1. The molecule has 0 fully saturated rings. The molecule has 0 unspecified atom stereocenters. The van der Waals surface area contributed by atoms with Crippen molar-refractivity contribution in [3.05, 3.63) is 89.5 Å². The molecule has 1 atom stereocenters. The third kappa shape index (κ3) is 5.02. The van der Waals surface area contributed by atoms with Crippen LogP contribution in [0.2, 0.25) is 0 Å². The van der Waals surface area contributed by atoms with E-state index in [1.165, 1.54) is 0 Å². The molecule has 0 aliphatic carbocycles. The highest BCUT2D eigenvalue weighted by atomic mass is 16.5. The van der Waals surface area contributed by atoms with Gasteiger partial charge in [0.05, 0.1) is 24.9 Å². The lowest BCUT2D eigenvalue weighted by Gasteiger charge is -2.26. The topological polar surface area (TPSA) is 83.7 Å². The number of aromatic nitrogens is 1. The van der Waals surface area contributed by atoms with Crippen molar-refractivity contribution in [3.8, 4) is 17.0 Å². The lowest BCUT2D eigenvalue weighted by molar-refractivity contribution is -0.122. The van der Waals surface area contributed by atoms with Crippen LogP contribution in [0.3, 0.4) is 0 Å². The number of carbonyl (C=O) groups is 2. The van der Waals surface area contributed by atoms with Crippen LogP contribution in [0.25, 0.3) is 22.2 Å². The number of nitrogens with zero attached hydrogens (tertiary/aromatic N) is 1. The highest BCUT2D eigenvalue weighted by molar-refractivity contribution is 6.03. The number of hydrogen-bond donors (Lipinski definition) is 2. The number of H-pyrrole nitrogens is 1. The molecule has 0 saturated heterocycles. The molecule has 2 heterocycles. The molecule has 4 aromatic rings. The van der Waals surface area contributed by atoms with E-state index in [4.69, 9.17) is 9.47 Å². The molecule has 0 bridgehead atoms. The summed E-state index contributed by atoms with van der Waals surface area (Å²) >= 11 is 0. The monoisotopic (exact) mass is 511 g/mol. The number of carbonyl (C=O) groups excluding carboxylic acids is 2. The van der Waals surface area contributed by atoms with E-state index >= 15 is 0 Å². The molecular weight excluding hydrogens is 478 g/mol. The number of rotatable bonds is 10. The summed E-state index contributed by atoms with van der Waals surface area (Å²) in [5.74, 6) is 0.405. The minimum Gasteiger partial charge on any atom is -0.497 e. The molecule has 5 rings (SSSR count). The first kappa shape index (κ1) is 25.5. The van der Waals surface area contributed by atoms with Crippen LogP contribution in [0.5, 0.6) is 5.75 Å². The predicted octanol–water partition coefficient (Wildman–Crippen LogP) is 5.32. The number of fused-ring (bicyclic) bond motifs is 2. The number of amides is 2. The number of benzene rings is 3. The normalized spacial score (nSPS) is 14.8. The first-order chi connectivity index (χ1) is 18.5. The molecule has 196 valence electrons. The Morgan fingerprint density at radius 1 is 1.05 bits per heavy atom. The van der Waals surface area contributed by atoms with Gasteiger partial charge in [-0.25, -0.2) is 0 Å². The first-order valence-electron chi connectivity index (χ1n) is 13.0. The van der Waals surface area contributed by atoms with Crippen molar-refractivity contribution in [2.45, 2.75) is 32.4 Å². The van der Waals surface area contributed by atoms with Gasteiger partial charge in [0.15, 0.2) is 0 Å². The third-order valence-electron chi connectivity index (χ3n) is 6.84. The van der Waals surface area contributed by atoms with Crippen molar-refractivity contribution < 1.29 is 19.1 Å². The second kappa shape index (κ2) is 11.1. The largest absolute Gasteiger partial charge is 0.497 e. The van der Waals surface area contributed by atoms with Gasteiger partial charge in [0, 0.05) is 40.7 Å². The average Bonchev–Trinajstić information content (AvgIpc) is 3.43.